The van der Waals surface area contributed by atoms with Gasteiger partial charge in [0.2, 0.25) is 0 Å². The molecule has 4 N–H and O–H groups in total. The standard InChI is InChI=1S/C15H20O4/c1-11(17)9-12(10-16)5-4-8-15(19)13-6-2-3-7-14(13)18/h2-4,6-7,11,15-19H,8-10H2,1H3/t5?,11-,15+/m0/s1. The van der Waals surface area contributed by atoms with Crippen LogP contribution < -0.4 is 0 Å². The molecule has 2 atom stereocenters. The summed E-state index contributed by atoms with van der Waals surface area (Å²) in [7, 11) is 0. The van der Waals surface area contributed by atoms with E-state index in [9.17, 15) is 15.3 Å². The van der Waals surface area contributed by atoms with Crippen molar-refractivity contribution in [2.24, 2.45) is 0 Å². The number of rotatable bonds is 6. The van der Waals surface area contributed by atoms with Crippen LogP contribution in [0.4, 0.5) is 0 Å². The van der Waals surface area contributed by atoms with Crippen molar-refractivity contribution in [1.82, 2.24) is 0 Å². The lowest BCUT2D eigenvalue weighted by atomic mass is 10.0. The van der Waals surface area contributed by atoms with Crippen molar-refractivity contribution >= 4 is 0 Å². The van der Waals surface area contributed by atoms with E-state index >= 15 is 0 Å². The van der Waals surface area contributed by atoms with E-state index in [2.05, 4.69) is 5.73 Å². The maximum Gasteiger partial charge on any atom is 0.121 e. The molecule has 0 heterocycles. The minimum absolute atomic E-state index is 0.0544. The average molecular weight is 264 g/mol. The van der Waals surface area contributed by atoms with Gasteiger partial charge in [0.1, 0.15) is 5.75 Å². The van der Waals surface area contributed by atoms with Crippen molar-refractivity contribution in [2.75, 3.05) is 6.61 Å². The SMILES string of the molecule is C[C@H](O)CC(=C=CC[C@@H](O)c1ccccc1O)CO. The number of phenols is 1. The number of hydrogen-bond acceptors (Lipinski definition) is 4. The molecule has 0 aliphatic heterocycles. The number of para-hydroxylation sites is 1. The van der Waals surface area contributed by atoms with E-state index in [1.807, 2.05) is 0 Å². The van der Waals surface area contributed by atoms with Gasteiger partial charge in [-0.3, -0.25) is 0 Å². The second-order valence-corrected chi connectivity index (χ2v) is 4.47. The maximum atomic E-state index is 9.92. The first-order valence-corrected chi connectivity index (χ1v) is 6.22. The molecule has 1 aromatic carbocycles. The number of benzene rings is 1. The number of aliphatic hydroxyl groups excluding tert-OH is 3. The number of hydrogen-bond donors (Lipinski definition) is 4. The molecule has 19 heavy (non-hydrogen) atoms. The molecule has 0 radical (unpaired) electrons. The smallest absolute Gasteiger partial charge is 0.121 e. The van der Waals surface area contributed by atoms with E-state index in [-0.39, 0.29) is 18.8 Å². The fraction of sp³-hybridized carbons (Fsp3) is 0.400. The van der Waals surface area contributed by atoms with Gasteiger partial charge < -0.3 is 20.4 Å². The summed E-state index contributed by atoms with van der Waals surface area (Å²) in [6, 6.07) is 6.60. The summed E-state index contributed by atoms with van der Waals surface area (Å²) in [5, 5.41) is 37.8. The van der Waals surface area contributed by atoms with Gasteiger partial charge in [-0.2, -0.15) is 0 Å². The zero-order valence-electron chi connectivity index (χ0n) is 11.0. The molecule has 0 unspecified atom stereocenters. The molecule has 0 saturated heterocycles. The Hall–Kier alpha value is -1.58. The predicted octanol–water partition coefficient (Wildman–Crippen LogP) is 1.66. The Labute approximate surface area is 113 Å². The van der Waals surface area contributed by atoms with E-state index in [0.717, 1.165) is 0 Å². The highest BCUT2D eigenvalue weighted by Gasteiger charge is 2.09. The quantitative estimate of drug-likeness (QED) is 0.589. The Balaban J connectivity index is 2.70. The Morgan fingerprint density at radius 2 is 2.00 bits per heavy atom. The van der Waals surface area contributed by atoms with Crippen LogP contribution in [-0.2, 0) is 0 Å². The topological polar surface area (TPSA) is 80.9 Å². The molecule has 4 heteroatoms. The van der Waals surface area contributed by atoms with Crippen LogP contribution in [0.15, 0.2) is 41.6 Å². The fourth-order valence-corrected chi connectivity index (χ4v) is 1.74. The van der Waals surface area contributed by atoms with Gasteiger partial charge in [-0.15, -0.1) is 5.73 Å². The second kappa shape index (κ2) is 7.77. The van der Waals surface area contributed by atoms with E-state index in [0.29, 0.717) is 17.6 Å². The first-order chi connectivity index (χ1) is 9.04. The molecular weight excluding hydrogens is 244 g/mol. The molecule has 0 spiro atoms. The molecule has 0 aromatic heterocycles. The molecule has 1 rings (SSSR count). The molecular formula is C15H20O4. The third-order valence-corrected chi connectivity index (χ3v) is 2.68. The van der Waals surface area contributed by atoms with E-state index in [4.69, 9.17) is 5.11 Å². The van der Waals surface area contributed by atoms with Gasteiger partial charge >= 0.3 is 0 Å². The highest BCUT2D eigenvalue weighted by molar-refractivity contribution is 5.33. The summed E-state index contributed by atoms with van der Waals surface area (Å²) in [4.78, 5) is 0. The van der Waals surface area contributed by atoms with Crippen molar-refractivity contribution in [3.8, 4) is 5.75 Å². The summed E-state index contributed by atoms with van der Waals surface area (Å²) in [6.45, 7) is 1.46. The summed E-state index contributed by atoms with van der Waals surface area (Å²) in [6.07, 6.45) is 0.873. The van der Waals surface area contributed by atoms with Crippen LogP contribution in [0.25, 0.3) is 0 Å². The lowest BCUT2D eigenvalue weighted by molar-refractivity contribution is 0.177. The van der Waals surface area contributed by atoms with Gasteiger partial charge in [-0.1, -0.05) is 18.2 Å². The summed E-state index contributed by atoms with van der Waals surface area (Å²) >= 11 is 0. The number of aromatic hydroxyl groups is 1. The maximum absolute atomic E-state index is 9.92. The van der Waals surface area contributed by atoms with E-state index < -0.39 is 12.2 Å². The normalized spacial score (nSPS) is 13.5. The molecule has 0 saturated carbocycles. The van der Waals surface area contributed by atoms with Crippen molar-refractivity contribution in [3.05, 3.63) is 47.2 Å². The van der Waals surface area contributed by atoms with E-state index in [1.165, 1.54) is 6.07 Å². The second-order valence-electron chi connectivity index (χ2n) is 4.47. The first-order valence-electron chi connectivity index (χ1n) is 6.22. The average Bonchev–Trinajstić information content (AvgIpc) is 2.37. The van der Waals surface area contributed by atoms with Crippen molar-refractivity contribution < 1.29 is 20.4 Å². The Bertz CT molecular complexity index is 459. The van der Waals surface area contributed by atoms with Gasteiger partial charge in [0, 0.05) is 18.4 Å². The van der Waals surface area contributed by atoms with Crippen molar-refractivity contribution in [2.45, 2.75) is 32.0 Å². The highest BCUT2D eigenvalue weighted by Crippen LogP contribution is 2.25. The zero-order chi connectivity index (χ0) is 14.3. The van der Waals surface area contributed by atoms with Crippen molar-refractivity contribution in [1.29, 1.82) is 0 Å². The van der Waals surface area contributed by atoms with Crippen LogP contribution in [0.1, 0.15) is 31.4 Å². The minimum Gasteiger partial charge on any atom is -0.508 e. The van der Waals surface area contributed by atoms with Crippen LogP contribution in [0.3, 0.4) is 0 Å². The Morgan fingerprint density at radius 3 is 2.58 bits per heavy atom. The third kappa shape index (κ3) is 5.28. The minimum atomic E-state index is -0.819. The third-order valence-electron chi connectivity index (χ3n) is 2.68. The van der Waals surface area contributed by atoms with Gasteiger partial charge in [0.05, 0.1) is 18.8 Å². The van der Waals surface area contributed by atoms with Crippen molar-refractivity contribution in [3.63, 3.8) is 0 Å². The molecule has 104 valence electrons. The lowest BCUT2D eigenvalue weighted by Gasteiger charge is -2.09. The molecule has 0 aliphatic carbocycles. The first kappa shape index (κ1) is 15.5. The van der Waals surface area contributed by atoms with Crippen LogP contribution in [0.5, 0.6) is 5.75 Å². The van der Waals surface area contributed by atoms with Gasteiger partial charge in [0.25, 0.3) is 0 Å². The van der Waals surface area contributed by atoms with E-state index in [1.54, 1.807) is 31.2 Å². The molecule has 4 nitrogen and oxygen atoms in total. The zero-order valence-corrected chi connectivity index (χ0v) is 11.0. The van der Waals surface area contributed by atoms with Crippen LogP contribution in [0.2, 0.25) is 0 Å². The molecule has 0 fully saturated rings. The van der Waals surface area contributed by atoms with Gasteiger partial charge in [0.15, 0.2) is 0 Å². The Kier molecular flexibility index (Phi) is 6.33. The molecule has 0 bridgehead atoms. The monoisotopic (exact) mass is 264 g/mol. The molecule has 1 aromatic rings. The molecule has 0 amide bonds. The number of aliphatic hydroxyl groups is 3. The van der Waals surface area contributed by atoms with Gasteiger partial charge in [-0.05, 0) is 24.6 Å². The molecule has 0 aliphatic rings. The summed E-state index contributed by atoms with van der Waals surface area (Å²) in [5.41, 5.74) is 3.90. The highest BCUT2D eigenvalue weighted by atomic mass is 16.3. The van der Waals surface area contributed by atoms with Crippen LogP contribution in [0, 0.1) is 0 Å². The Morgan fingerprint density at radius 1 is 1.32 bits per heavy atom. The number of phenolic OH excluding ortho intramolecular Hbond substituents is 1. The predicted molar refractivity (Wildman–Crippen MR) is 72.7 cm³/mol. The largest absolute Gasteiger partial charge is 0.508 e. The summed E-state index contributed by atoms with van der Waals surface area (Å²) in [5.74, 6) is 0.0544. The summed E-state index contributed by atoms with van der Waals surface area (Å²) < 4.78 is 0. The van der Waals surface area contributed by atoms with Gasteiger partial charge in [-0.25, -0.2) is 0 Å². The van der Waals surface area contributed by atoms with Crippen LogP contribution >= 0.6 is 0 Å². The fourth-order valence-electron chi connectivity index (χ4n) is 1.74. The van der Waals surface area contributed by atoms with Crippen LogP contribution in [-0.4, -0.2) is 33.1 Å². The lowest BCUT2D eigenvalue weighted by Crippen LogP contribution is -2.03.